The SMILES string of the molecule is COc1cc(CN(C(=O)c2cccc(Br)c2)C2CCCCC2)ccc1OCC(N)=O. The second-order valence-electron chi connectivity index (χ2n) is 7.48. The Hall–Kier alpha value is -2.54. The zero-order valence-corrected chi connectivity index (χ0v) is 18.7. The highest BCUT2D eigenvalue weighted by molar-refractivity contribution is 9.10. The summed E-state index contributed by atoms with van der Waals surface area (Å²) in [7, 11) is 1.54. The number of nitrogens with two attached hydrogens (primary N) is 1. The Kier molecular flexibility index (Phi) is 7.74. The van der Waals surface area contributed by atoms with Crippen LogP contribution in [-0.2, 0) is 11.3 Å². The van der Waals surface area contributed by atoms with Crippen molar-refractivity contribution >= 4 is 27.7 Å². The molecule has 0 spiro atoms. The monoisotopic (exact) mass is 474 g/mol. The van der Waals surface area contributed by atoms with E-state index >= 15 is 0 Å². The van der Waals surface area contributed by atoms with Crippen molar-refractivity contribution in [1.29, 1.82) is 0 Å². The Morgan fingerprint density at radius 3 is 2.53 bits per heavy atom. The fraction of sp³-hybridized carbons (Fsp3) is 0.391. The largest absolute Gasteiger partial charge is 0.493 e. The molecular weight excluding hydrogens is 448 g/mol. The molecular formula is C23H27BrN2O4. The van der Waals surface area contributed by atoms with Crippen LogP contribution in [0.25, 0.3) is 0 Å². The summed E-state index contributed by atoms with van der Waals surface area (Å²) in [4.78, 5) is 26.4. The number of primary amides is 1. The summed E-state index contributed by atoms with van der Waals surface area (Å²) in [6.07, 6.45) is 5.51. The number of amides is 2. The molecule has 1 saturated carbocycles. The van der Waals surface area contributed by atoms with E-state index in [0.717, 1.165) is 35.7 Å². The van der Waals surface area contributed by atoms with E-state index in [1.165, 1.54) is 6.42 Å². The minimum atomic E-state index is -0.552. The van der Waals surface area contributed by atoms with Gasteiger partial charge in [0.1, 0.15) is 0 Å². The molecule has 0 aromatic heterocycles. The number of hydrogen-bond acceptors (Lipinski definition) is 4. The molecule has 7 heteroatoms. The van der Waals surface area contributed by atoms with Crippen LogP contribution in [0.3, 0.4) is 0 Å². The first-order valence-corrected chi connectivity index (χ1v) is 10.9. The molecule has 1 fully saturated rings. The van der Waals surface area contributed by atoms with E-state index in [1.807, 2.05) is 41.3 Å². The first-order valence-electron chi connectivity index (χ1n) is 10.1. The third-order valence-electron chi connectivity index (χ3n) is 5.30. The highest BCUT2D eigenvalue weighted by atomic mass is 79.9. The lowest BCUT2D eigenvalue weighted by Crippen LogP contribution is -2.41. The summed E-state index contributed by atoms with van der Waals surface area (Å²) in [6, 6.07) is 13.2. The molecule has 6 nitrogen and oxygen atoms in total. The smallest absolute Gasteiger partial charge is 0.255 e. The van der Waals surface area contributed by atoms with Crippen LogP contribution in [0.4, 0.5) is 0 Å². The van der Waals surface area contributed by atoms with Gasteiger partial charge >= 0.3 is 0 Å². The Labute approximate surface area is 185 Å². The zero-order chi connectivity index (χ0) is 21.5. The van der Waals surface area contributed by atoms with Crippen molar-refractivity contribution < 1.29 is 19.1 Å². The summed E-state index contributed by atoms with van der Waals surface area (Å²) < 4.78 is 11.7. The molecule has 0 radical (unpaired) electrons. The third kappa shape index (κ3) is 5.75. The molecule has 0 saturated heterocycles. The van der Waals surface area contributed by atoms with Gasteiger partial charge in [0.15, 0.2) is 18.1 Å². The quantitative estimate of drug-likeness (QED) is 0.618. The number of halogens is 1. The molecule has 2 N–H and O–H groups in total. The lowest BCUT2D eigenvalue weighted by atomic mass is 9.93. The average Bonchev–Trinajstić information content (AvgIpc) is 2.76. The minimum absolute atomic E-state index is 0.0243. The van der Waals surface area contributed by atoms with Gasteiger partial charge in [0.05, 0.1) is 7.11 Å². The number of benzene rings is 2. The highest BCUT2D eigenvalue weighted by Crippen LogP contribution is 2.31. The van der Waals surface area contributed by atoms with Crippen molar-refractivity contribution in [3.05, 3.63) is 58.1 Å². The van der Waals surface area contributed by atoms with Crippen LogP contribution in [0.15, 0.2) is 46.9 Å². The molecule has 0 aliphatic heterocycles. The van der Waals surface area contributed by atoms with Crippen molar-refractivity contribution in [3.63, 3.8) is 0 Å². The van der Waals surface area contributed by atoms with E-state index in [2.05, 4.69) is 15.9 Å². The predicted molar refractivity (Wildman–Crippen MR) is 119 cm³/mol. The summed E-state index contributed by atoms with van der Waals surface area (Å²) in [5.74, 6) is 0.426. The Bertz CT molecular complexity index is 897. The van der Waals surface area contributed by atoms with E-state index < -0.39 is 5.91 Å². The molecule has 2 aromatic rings. The van der Waals surface area contributed by atoms with Crippen molar-refractivity contribution in [2.24, 2.45) is 5.73 Å². The van der Waals surface area contributed by atoms with Crippen LogP contribution >= 0.6 is 15.9 Å². The van der Waals surface area contributed by atoms with Gasteiger partial charge in [-0.05, 0) is 48.7 Å². The average molecular weight is 475 g/mol. The normalized spacial score (nSPS) is 14.2. The van der Waals surface area contributed by atoms with Crippen molar-refractivity contribution in [2.75, 3.05) is 13.7 Å². The third-order valence-corrected chi connectivity index (χ3v) is 5.79. The van der Waals surface area contributed by atoms with Crippen molar-refractivity contribution in [1.82, 2.24) is 4.90 Å². The Balaban J connectivity index is 1.85. The second-order valence-corrected chi connectivity index (χ2v) is 8.39. The Morgan fingerprint density at radius 1 is 1.10 bits per heavy atom. The number of nitrogens with zero attached hydrogens (tertiary/aromatic N) is 1. The lowest BCUT2D eigenvalue weighted by molar-refractivity contribution is -0.119. The van der Waals surface area contributed by atoms with E-state index in [0.29, 0.717) is 23.6 Å². The van der Waals surface area contributed by atoms with Crippen molar-refractivity contribution in [2.45, 2.75) is 44.7 Å². The van der Waals surface area contributed by atoms with Gasteiger partial charge in [0.2, 0.25) is 0 Å². The standard InChI is InChI=1S/C23H27BrN2O4/c1-29-21-12-16(10-11-20(21)30-15-22(25)27)14-26(19-8-3-2-4-9-19)23(28)17-6-5-7-18(24)13-17/h5-7,10-13,19H,2-4,8-9,14-15H2,1H3,(H2,25,27). The van der Waals surface area contributed by atoms with Gasteiger partial charge in [-0.25, -0.2) is 0 Å². The fourth-order valence-corrected chi connectivity index (χ4v) is 4.22. The van der Waals surface area contributed by atoms with Crippen LogP contribution in [0.2, 0.25) is 0 Å². The molecule has 0 unspecified atom stereocenters. The molecule has 2 amide bonds. The summed E-state index contributed by atoms with van der Waals surface area (Å²) in [6.45, 7) is 0.258. The second kappa shape index (κ2) is 10.5. The van der Waals surface area contributed by atoms with Gasteiger partial charge < -0.3 is 20.1 Å². The molecule has 0 heterocycles. The van der Waals surface area contributed by atoms with E-state index in [-0.39, 0.29) is 18.6 Å². The maximum atomic E-state index is 13.4. The van der Waals surface area contributed by atoms with Crippen molar-refractivity contribution in [3.8, 4) is 11.5 Å². The predicted octanol–water partition coefficient (Wildman–Crippen LogP) is 4.30. The maximum Gasteiger partial charge on any atom is 0.255 e. The number of rotatable bonds is 8. The lowest BCUT2D eigenvalue weighted by Gasteiger charge is -2.35. The van der Waals surface area contributed by atoms with Gasteiger partial charge in [-0.15, -0.1) is 0 Å². The number of hydrogen-bond donors (Lipinski definition) is 1. The van der Waals surface area contributed by atoms with Crippen LogP contribution < -0.4 is 15.2 Å². The molecule has 3 rings (SSSR count). The maximum absolute atomic E-state index is 13.4. The van der Waals surface area contributed by atoms with Crippen LogP contribution in [-0.4, -0.2) is 36.5 Å². The molecule has 160 valence electrons. The first-order chi connectivity index (χ1) is 14.5. The molecule has 2 aromatic carbocycles. The molecule has 0 atom stereocenters. The number of carbonyl (C=O) groups is 2. The highest BCUT2D eigenvalue weighted by Gasteiger charge is 2.27. The van der Waals surface area contributed by atoms with Crippen LogP contribution in [0.5, 0.6) is 11.5 Å². The fourth-order valence-electron chi connectivity index (χ4n) is 3.82. The van der Waals surface area contributed by atoms with Gasteiger partial charge in [0, 0.05) is 22.6 Å². The van der Waals surface area contributed by atoms with E-state index in [1.54, 1.807) is 13.2 Å². The summed E-state index contributed by atoms with van der Waals surface area (Å²) in [5.41, 5.74) is 6.76. The number of ether oxygens (including phenoxy) is 2. The zero-order valence-electron chi connectivity index (χ0n) is 17.1. The van der Waals surface area contributed by atoms with Gasteiger partial charge in [-0.2, -0.15) is 0 Å². The molecule has 1 aliphatic carbocycles. The first kappa shape index (κ1) is 22.2. The summed E-state index contributed by atoms with van der Waals surface area (Å²) in [5, 5.41) is 0. The molecule has 1 aliphatic rings. The number of methoxy groups -OCH3 is 1. The topological polar surface area (TPSA) is 81.9 Å². The Morgan fingerprint density at radius 2 is 1.87 bits per heavy atom. The van der Waals surface area contributed by atoms with Gasteiger partial charge in [-0.1, -0.05) is 47.3 Å². The molecule has 30 heavy (non-hydrogen) atoms. The number of carbonyl (C=O) groups excluding carboxylic acids is 2. The van der Waals surface area contributed by atoms with Gasteiger partial charge in [-0.3, -0.25) is 9.59 Å². The van der Waals surface area contributed by atoms with E-state index in [4.69, 9.17) is 15.2 Å². The summed E-state index contributed by atoms with van der Waals surface area (Å²) >= 11 is 3.46. The van der Waals surface area contributed by atoms with E-state index in [9.17, 15) is 9.59 Å². The van der Waals surface area contributed by atoms with Gasteiger partial charge in [0.25, 0.3) is 11.8 Å². The molecule has 0 bridgehead atoms. The van der Waals surface area contributed by atoms with Crippen LogP contribution in [0.1, 0.15) is 48.0 Å². The minimum Gasteiger partial charge on any atom is -0.493 e. The van der Waals surface area contributed by atoms with Crippen LogP contribution in [0, 0.1) is 0 Å².